The molecule has 0 rings (SSSR count). The van der Waals surface area contributed by atoms with Gasteiger partial charge in [-0.15, -0.1) is 41.0 Å². The normalized spacial score (nSPS) is 8.57. The molecule has 0 heterocycles. The van der Waals surface area contributed by atoms with Crippen molar-refractivity contribution in [3.63, 3.8) is 0 Å². The van der Waals surface area contributed by atoms with Crippen LogP contribution in [0.25, 0.3) is 0 Å². The highest BCUT2D eigenvalue weighted by Crippen LogP contribution is 1.60. The molecule has 48 valence electrons. The van der Waals surface area contributed by atoms with Gasteiger partial charge in [-0.2, -0.15) is 14.0 Å². The molecule has 7 heteroatoms. The lowest BCUT2D eigenvalue weighted by Crippen LogP contribution is -2.58. The zero-order chi connectivity index (χ0) is 4.50. The van der Waals surface area contributed by atoms with E-state index in [1.807, 2.05) is 0 Å². The molecule has 0 bridgehead atoms. The van der Waals surface area contributed by atoms with Crippen molar-refractivity contribution in [2.45, 2.75) is 0 Å². The van der Waals surface area contributed by atoms with Crippen LogP contribution in [0.5, 0.6) is 0 Å². The first-order chi connectivity index (χ1) is 2.00. The second-order valence-electron chi connectivity index (χ2n) is 0.396. The summed E-state index contributed by atoms with van der Waals surface area (Å²) >= 11 is 0. The molecule has 0 aromatic rings. The van der Waals surface area contributed by atoms with Gasteiger partial charge in [0, 0.05) is 0 Å². The molecule has 0 saturated carbocycles. The molecular weight excluding hydrogens is 306 g/mol. The van der Waals surface area contributed by atoms with Crippen molar-refractivity contribution in [2.24, 2.45) is 0 Å². The Hall–Kier alpha value is 1.34. The van der Waals surface area contributed by atoms with Crippen LogP contribution in [0.2, 0.25) is 0 Å². The van der Waals surface area contributed by atoms with Crippen LogP contribution < -0.4 is 14.0 Å². The van der Waals surface area contributed by atoms with Gasteiger partial charge >= 0.3 is 0 Å². The summed E-state index contributed by atoms with van der Waals surface area (Å²) in [6.45, 7) is 0. The van der Waals surface area contributed by atoms with Gasteiger partial charge in [-0.1, -0.05) is 0 Å². The van der Waals surface area contributed by atoms with Gasteiger partial charge in [0.2, 0.25) is 0 Å². The molecular formula is H3BrClIO4. The summed E-state index contributed by atoms with van der Waals surface area (Å²) in [5.74, 6) is 0. The Morgan fingerprint density at radius 3 is 1.14 bits per heavy atom. The van der Waals surface area contributed by atoms with E-state index in [9.17, 15) is 0 Å². The number of hydrogen-bond acceptors (Lipinski definition) is 4. The second kappa shape index (κ2) is 5.48. The SMILES string of the molecule is Br.I.[O-][Cl+3]([O-])([O-])O. The third-order valence-corrected chi connectivity index (χ3v) is 0. The van der Waals surface area contributed by atoms with E-state index in [0.717, 1.165) is 0 Å². The maximum atomic E-state index is 8.60. The van der Waals surface area contributed by atoms with Crippen molar-refractivity contribution >= 4 is 41.0 Å². The standard InChI is InChI=1S/BrH.ClHO4.HI/c;2-1(3,4)5;/h1H;(H,2,3,4,5);1H. The quantitative estimate of drug-likeness (QED) is 0.485. The Labute approximate surface area is 69.7 Å². The van der Waals surface area contributed by atoms with Crippen LogP contribution in [-0.2, 0) is 0 Å². The van der Waals surface area contributed by atoms with E-state index in [1.54, 1.807) is 0 Å². The molecule has 4 nitrogen and oxygen atoms in total. The maximum absolute atomic E-state index is 8.60. The fourth-order valence-corrected chi connectivity index (χ4v) is 0. The van der Waals surface area contributed by atoms with Crippen LogP contribution in [0.4, 0.5) is 0 Å². The van der Waals surface area contributed by atoms with E-state index in [-0.39, 0.29) is 41.0 Å². The van der Waals surface area contributed by atoms with Gasteiger partial charge in [-0.25, -0.2) is 0 Å². The molecule has 0 amide bonds. The summed E-state index contributed by atoms with van der Waals surface area (Å²) in [6, 6.07) is 0. The molecule has 0 aliphatic rings. The summed E-state index contributed by atoms with van der Waals surface area (Å²) in [5, 5.41) is 0. The highest BCUT2D eigenvalue weighted by atomic mass is 127. The van der Waals surface area contributed by atoms with Crippen molar-refractivity contribution in [1.82, 2.24) is 0 Å². The first-order valence-electron chi connectivity index (χ1n) is 0.632. The molecule has 0 saturated heterocycles. The second-order valence-corrected chi connectivity index (χ2v) is 1.19. The Morgan fingerprint density at radius 1 is 1.14 bits per heavy atom. The molecule has 0 unspecified atom stereocenters. The lowest BCUT2D eigenvalue weighted by Gasteiger charge is -2.03. The van der Waals surface area contributed by atoms with Crippen molar-refractivity contribution in [3.05, 3.63) is 0 Å². The highest BCUT2D eigenvalue weighted by Gasteiger charge is 1.98. The molecule has 0 radical (unpaired) electrons. The van der Waals surface area contributed by atoms with Crippen molar-refractivity contribution < 1.29 is 28.9 Å². The zero-order valence-electron chi connectivity index (χ0n) is 2.87. The van der Waals surface area contributed by atoms with Crippen molar-refractivity contribution in [3.8, 4) is 0 Å². The average molecular weight is 309 g/mol. The van der Waals surface area contributed by atoms with Crippen molar-refractivity contribution in [1.29, 1.82) is 0 Å². The average Bonchev–Trinajstić information content (AvgIpc) is 0.722. The molecule has 0 fully saturated rings. The van der Waals surface area contributed by atoms with E-state index >= 15 is 0 Å². The molecule has 0 aromatic carbocycles. The number of hydrogen-bond donors (Lipinski definition) is 1. The molecule has 0 aliphatic heterocycles. The minimum atomic E-state index is -4.69. The largest absolute Gasteiger partial charge is 0.183 e. The monoisotopic (exact) mass is 308 g/mol. The Balaban J connectivity index is -0.0000000800. The Morgan fingerprint density at radius 2 is 1.14 bits per heavy atom. The van der Waals surface area contributed by atoms with Crippen LogP contribution in [0.15, 0.2) is 0 Å². The fraction of sp³-hybridized carbons (Fsp3) is 0. The van der Waals surface area contributed by atoms with E-state index in [0.29, 0.717) is 0 Å². The molecule has 7 heavy (non-hydrogen) atoms. The molecule has 0 spiro atoms. The third-order valence-electron chi connectivity index (χ3n) is 0. The van der Waals surface area contributed by atoms with E-state index < -0.39 is 10.2 Å². The van der Waals surface area contributed by atoms with Gasteiger partial charge in [-0.05, 0) is 0 Å². The predicted molar refractivity (Wildman–Crippen MR) is 28.0 cm³/mol. The Kier molecular flexibility index (Phi) is 12.3. The fourth-order valence-electron chi connectivity index (χ4n) is 0. The van der Waals surface area contributed by atoms with E-state index in [1.165, 1.54) is 0 Å². The molecule has 0 atom stereocenters. The maximum Gasteiger partial charge on any atom is 0.0777 e. The van der Waals surface area contributed by atoms with Crippen LogP contribution in [-0.4, -0.2) is 4.66 Å². The third kappa shape index (κ3) is 117. The van der Waals surface area contributed by atoms with E-state index in [2.05, 4.69) is 0 Å². The van der Waals surface area contributed by atoms with Crippen LogP contribution in [0, 0.1) is 10.2 Å². The zero-order valence-corrected chi connectivity index (χ0v) is 7.67. The number of rotatable bonds is 0. The van der Waals surface area contributed by atoms with Gasteiger partial charge < -0.3 is 0 Å². The molecule has 0 aromatic heterocycles. The minimum absolute atomic E-state index is 0. The summed E-state index contributed by atoms with van der Waals surface area (Å²) < 4.78 is 32.7. The summed E-state index contributed by atoms with van der Waals surface area (Å²) in [4.78, 5) is 0. The van der Waals surface area contributed by atoms with Crippen molar-refractivity contribution in [2.75, 3.05) is 0 Å². The van der Waals surface area contributed by atoms with Crippen LogP contribution in [0.1, 0.15) is 0 Å². The van der Waals surface area contributed by atoms with Gasteiger partial charge in [0.25, 0.3) is 0 Å². The highest BCUT2D eigenvalue weighted by molar-refractivity contribution is 14.0. The molecule has 1 N–H and O–H groups in total. The predicted octanol–water partition coefficient (Wildman–Crippen LogP) is -2.93. The summed E-state index contributed by atoms with van der Waals surface area (Å²) in [7, 11) is -4.69. The first-order valence-corrected chi connectivity index (χ1v) is 1.90. The van der Waals surface area contributed by atoms with Crippen LogP contribution in [0.3, 0.4) is 0 Å². The summed E-state index contributed by atoms with van der Waals surface area (Å²) in [6.07, 6.45) is 0. The van der Waals surface area contributed by atoms with Crippen LogP contribution >= 0.6 is 41.0 Å². The van der Waals surface area contributed by atoms with Gasteiger partial charge in [0.1, 0.15) is 0 Å². The lowest BCUT2D eigenvalue weighted by atomic mass is 15.8. The topological polar surface area (TPSA) is 89.4 Å². The first kappa shape index (κ1) is 15.8. The van der Waals surface area contributed by atoms with E-state index in [4.69, 9.17) is 18.6 Å². The Bertz CT molecular complexity index is 27.2. The number of halogens is 3. The smallest absolute Gasteiger partial charge is 0.0777 e. The summed E-state index contributed by atoms with van der Waals surface area (Å²) in [5.41, 5.74) is 0. The van der Waals surface area contributed by atoms with Gasteiger partial charge in [0.05, 0.1) is 14.9 Å². The van der Waals surface area contributed by atoms with Gasteiger partial charge in [0.15, 0.2) is 0 Å². The molecule has 0 aliphatic carbocycles. The minimum Gasteiger partial charge on any atom is -0.183 e. The lowest BCUT2D eigenvalue weighted by molar-refractivity contribution is -1.92. The van der Waals surface area contributed by atoms with Gasteiger partial charge in [-0.3, -0.25) is 0 Å².